The Labute approximate surface area is 155 Å². The van der Waals surface area contributed by atoms with Crippen LogP contribution in [0.4, 0.5) is 11.6 Å². The molecule has 1 aromatic carbocycles. The van der Waals surface area contributed by atoms with Crippen molar-refractivity contribution in [2.75, 3.05) is 12.0 Å². The number of carboxylic acids is 1. The number of rotatable bonds is 4. The maximum atomic E-state index is 12.0. The molecule has 1 unspecified atom stereocenters. The molecule has 1 saturated heterocycles. The van der Waals surface area contributed by atoms with Crippen molar-refractivity contribution >= 4 is 29.5 Å². The van der Waals surface area contributed by atoms with Gasteiger partial charge in [-0.15, -0.1) is 0 Å². The van der Waals surface area contributed by atoms with Crippen LogP contribution in [0, 0.1) is 13.8 Å². The number of carbonyl (C=O) groups is 2. The molecule has 2 N–H and O–H groups in total. The van der Waals surface area contributed by atoms with E-state index in [-0.39, 0.29) is 18.3 Å². The lowest BCUT2D eigenvalue weighted by Gasteiger charge is -2.35. The van der Waals surface area contributed by atoms with Gasteiger partial charge in [-0.3, -0.25) is 15.0 Å². The largest absolute Gasteiger partial charge is 0.497 e. The number of carboxylic acid groups (broad SMARTS) is 1. The first-order valence-electron chi connectivity index (χ1n) is 8.24. The Kier molecular flexibility index (Phi) is 5.02. The highest BCUT2D eigenvalue weighted by atomic mass is 16.5. The third-order valence-corrected chi connectivity index (χ3v) is 3.98. The Balaban J connectivity index is 2.09. The summed E-state index contributed by atoms with van der Waals surface area (Å²) >= 11 is 0. The van der Waals surface area contributed by atoms with Crippen molar-refractivity contribution in [2.45, 2.75) is 26.3 Å². The minimum Gasteiger partial charge on any atom is -0.497 e. The summed E-state index contributed by atoms with van der Waals surface area (Å²) in [6.07, 6.45) is -0.200. The van der Waals surface area contributed by atoms with Gasteiger partial charge in [0.2, 0.25) is 11.9 Å². The summed E-state index contributed by atoms with van der Waals surface area (Å²) in [5, 5.41) is 12.3. The fourth-order valence-corrected chi connectivity index (χ4v) is 2.83. The minimum absolute atomic E-state index is 0.0637. The third-order valence-electron chi connectivity index (χ3n) is 3.98. The SMILES string of the molecule is COc1ccc(N2C(=Nc3nc(C)cc(C)n3)NC(=O)CC2C(=O)O)cc1. The molecular weight excluding hydrogens is 350 g/mol. The van der Waals surface area contributed by atoms with E-state index in [1.54, 1.807) is 51.3 Å². The number of methoxy groups -OCH3 is 1. The van der Waals surface area contributed by atoms with Crippen LogP contribution in [0.1, 0.15) is 17.8 Å². The summed E-state index contributed by atoms with van der Waals surface area (Å²) in [7, 11) is 1.54. The number of aliphatic carboxylic acids is 1. The topological polar surface area (TPSA) is 117 Å². The Morgan fingerprint density at radius 2 is 1.89 bits per heavy atom. The number of anilines is 1. The molecule has 1 aromatic heterocycles. The second-order valence-corrected chi connectivity index (χ2v) is 6.06. The van der Waals surface area contributed by atoms with Gasteiger partial charge in [0.1, 0.15) is 11.8 Å². The molecule has 1 fully saturated rings. The van der Waals surface area contributed by atoms with Crippen LogP contribution in [0.2, 0.25) is 0 Å². The summed E-state index contributed by atoms with van der Waals surface area (Å²) in [5.41, 5.74) is 1.98. The van der Waals surface area contributed by atoms with Crippen LogP contribution in [0.15, 0.2) is 35.3 Å². The quantitative estimate of drug-likeness (QED) is 0.840. The van der Waals surface area contributed by atoms with Crippen molar-refractivity contribution in [1.82, 2.24) is 15.3 Å². The number of amides is 1. The Bertz CT molecular complexity index is 890. The molecule has 140 valence electrons. The number of nitrogens with one attached hydrogen (secondary N) is 1. The molecule has 0 bridgehead atoms. The van der Waals surface area contributed by atoms with E-state index in [0.717, 1.165) is 11.4 Å². The molecule has 1 aliphatic heterocycles. The second-order valence-electron chi connectivity index (χ2n) is 6.06. The maximum absolute atomic E-state index is 12.0. The van der Waals surface area contributed by atoms with Crippen LogP contribution in [-0.2, 0) is 9.59 Å². The first-order chi connectivity index (χ1) is 12.9. The van der Waals surface area contributed by atoms with E-state index in [4.69, 9.17) is 4.74 Å². The number of aromatic nitrogens is 2. The van der Waals surface area contributed by atoms with Crippen LogP contribution in [0.25, 0.3) is 0 Å². The van der Waals surface area contributed by atoms with E-state index >= 15 is 0 Å². The zero-order chi connectivity index (χ0) is 19.6. The number of aliphatic imine (C=N–C) groups is 1. The van der Waals surface area contributed by atoms with Crippen molar-refractivity contribution in [3.8, 4) is 5.75 Å². The van der Waals surface area contributed by atoms with Gasteiger partial charge in [-0.1, -0.05) is 0 Å². The van der Waals surface area contributed by atoms with Gasteiger partial charge in [0.05, 0.1) is 13.5 Å². The Morgan fingerprint density at radius 1 is 1.26 bits per heavy atom. The van der Waals surface area contributed by atoms with Gasteiger partial charge in [-0.05, 0) is 44.2 Å². The van der Waals surface area contributed by atoms with E-state index < -0.39 is 17.9 Å². The predicted octanol–water partition coefficient (Wildman–Crippen LogP) is 1.57. The second kappa shape index (κ2) is 7.40. The molecule has 0 spiro atoms. The van der Waals surface area contributed by atoms with Gasteiger partial charge in [0, 0.05) is 17.1 Å². The first-order valence-corrected chi connectivity index (χ1v) is 8.24. The zero-order valence-electron chi connectivity index (χ0n) is 15.1. The summed E-state index contributed by atoms with van der Waals surface area (Å²) in [5.74, 6) is -0.728. The number of aryl methyl sites for hydroxylation is 2. The monoisotopic (exact) mass is 369 g/mol. The molecular formula is C18H19N5O4. The predicted molar refractivity (Wildman–Crippen MR) is 98.3 cm³/mol. The third kappa shape index (κ3) is 4.02. The Hall–Kier alpha value is -3.49. The van der Waals surface area contributed by atoms with E-state index in [1.165, 1.54) is 4.90 Å². The summed E-state index contributed by atoms with van der Waals surface area (Å²) < 4.78 is 5.14. The van der Waals surface area contributed by atoms with Gasteiger partial charge in [0.15, 0.2) is 0 Å². The van der Waals surface area contributed by atoms with Gasteiger partial charge < -0.3 is 9.84 Å². The molecule has 9 heteroatoms. The average Bonchev–Trinajstić information content (AvgIpc) is 2.60. The highest BCUT2D eigenvalue weighted by Crippen LogP contribution is 2.25. The molecule has 27 heavy (non-hydrogen) atoms. The molecule has 0 aliphatic carbocycles. The number of nitrogens with zero attached hydrogens (tertiary/aromatic N) is 4. The van der Waals surface area contributed by atoms with Gasteiger partial charge >= 0.3 is 5.97 Å². The van der Waals surface area contributed by atoms with Gasteiger partial charge in [0.25, 0.3) is 5.95 Å². The van der Waals surface area contributed by atoms with E-state index in [0.29, 0.717) is 11.4 Å². The number of guanidine groups is 1. The van der Waals surface area contributed by atoms with Crippen LogP contribution in [-0.4, -0.2) is 46.1 Å². The fourth-order valence-electron chi connectivity index (χ4n) is 2.83. The average molecular weight is 369 g/mol. The van der Waals surface area contributed by atoms with E-state index in [9.17, 15) is 14.7 Å². The first kappa shape index (κ1) is 18.3. The number of benzene rings is 1. The molecule has 0 saturated carbocycles. The van der Waals surface area contributed by atoms with Crippen molar-refractivity contribution in [3.05, 3.63) is 41.7 Å². The van der Waals surface area contributed by atoms with Crippen LogP contribution < -0.4 is 15.0 Å². The summed E-state index contributed by atoms with van der Waals surface area (Å²) in [6.45, 7) is 3.61. The zero-order valence-corrected chi connectivity index (χ0v) is 15.1. The fraction of sp³-hybridized carbons (Fsp3) is 0.278. The van der Waals surface area contributed by atoms with Crippen molar-refractivity contribution in [2.24, 2.45) is 4.99 Å². The summed E-state index contributed by atoms with van der Waals surface area (Å²) in [6, 6.07) is 7.50. The molecule has 0 radical (unpaired) electrons. The summed E-state index contributed by atoms with van der Waals surface area (Å²) in [4.78, 5) is 38.1. The van der Waals surface area contributed by atoms with Gasteiger partial charge in [-0.25, -0.2) is 14.8 Å². The van der Waals surface area contributed by atoms with Crippen LogP contribution in [0.5, 0.6) is 5.75 Å². The Morgan fingerprint density at radius 3 is 2.44 bits per heavy atom. The molecule has 1 aliphatic rings. The van der Waals surface area contributed by atoms with Crippen molar-refractivity contribution < 1.29 is 19.4 Å². The minimum atomic E-state index is -1.13. The molecule has 1 amide bonds. The highest BCUT2D eigenvalue weighted by Gasteiger charge is 2.37. The molecule has 3 rings (SSSR count). The normalized spacial score (nSPS) is 18.3. The van der Waals surface area contributed by atoms with E-state index in [1.807, 2.05) is 0 Å². The standard InChI is InChI=1S/C18H19N5O4/c1-10-8-11(2)20-17(19-10)22-18-21-15(24)9-14(16(25)26)23(18)12-4-6-13(27-3)7-5-12/h4-8,14H,9H2,1-3H3,(H,25,26)(H,19,20,21,22,24). The molecule has 2 heterocycles. The number of hydrogen-bond donors (Lipinski definition) is 2. The van der Waals surface area contributed by atoms with Gasteiger partial charge in [-0.2, -0.15) is 4.99 Å². The van der Waals surface area contributed by atoms with Crippen molar-refractivity contribution in [3.63, 3.8) is 0 Å². The van der Waals surface area contributed by atoms with Crippen LogP contribution in [0.3, 0.4) is 0 Å². The number of ether oxygens (including phenoxy) is 1. The van der Waals surface area contributed by atoms with E-state index in [2.05, 4.69) is 20.3 Å². The lowest BCUT2D eigenvalue weighted by atomic mass is 10.1. The number of hydrogen-bond acceptors (Lipinski definition) is 6. The smallest absolute Gasteiger partial charge is 0.327 e. The van der Waals surface area contributed by atoms with Crippen LogP contribution >= 0.6 is 0 Å². The highest BCUT2D eigenvalue weighted by molar-refractivity contribution is 6.13. The van der Waals surface area contributed by atoms with Crippen molar-refractivity contribution in [1.29, 1.82) is 0 Å². The molecule has 9 nitrogen and oxygen atoms in total. The number of carbonyl (C=O) groups excluding carboxylic acids is 1. The lowest BCUT2D eigenvalue weighted by Crippen LogP contribution is -2.58. The lowest BCUT2D eigenvalue weighted by molar-refractivity contribution is -0.140. The molecule has 1 atom stereocenters. The maximum Gasteiger partial charge on any atom is 0.327 e. The molecule has 2 aromatic rings.